The van der Waals surface area contributed by atoms with Crippen molar-refractivity contribution in [1.82, 2.24) is 5.32 Å². The summed E-state index contributed by atoms with van der Waals surface area (Å²) in [6.07, 6.45) is 6.62. The zero-order valence-corrected chi connectivity index (χ0v) is 13.7. The van der Waals surface area contributed by atoms with Crippen LogP contribution in [0.15, 0.2) is 24.3 Å². The van der Waals surface area contributed by atoms with Gasteiger partial charge in [0, 0.05) is 6.42 Å². The molecule has 4 heteroatoms. The first-order valence-electron chi connectivity index (χ1n) is 8.68. The zero-order chi connectivity index (χ0) is 16.2. The summed E-state index contributed by atoms with van der Waals surface area (Å²) in [6, 6.07) is 8.02. The predicted octanol–water partition coefficient (Wildman–Crippen LogP) is 3.94. The van der Waals surface area contributed by atoms with Crippen LogP contribution in [-0.2, 0) is 16.1 Å². The van der Waals surface area contributed by atoms with Crippen LogP contribution in [0.2, 0.25) is 0 Å². The lowest BCUT2D eigenvalue weighted by atomic mass is 9.80. The fourth-order valence-electron chi connectivity index (χ4n) is 3.58. The van der Waals surface area contributed by atoms with Crippen molar-refractivity contribution in [2.75, 3.05) is 0 Å². The van der Waals surface area contributed by atoms with Crippen molar-refractivity contribution < 1.29 is 14.3 Å². The van der Waals surface area contributed by atoms with Gasteiger partial charge in [0.1, 0.15) is 6.61 Å². The van der Waals surface area contributed by atoms with Crippen LogP contribution in [0.3, 0.4) is 0 Å². The monoisotopic (exact) mass is 315 g/mol. The number of benzene rings is 1. The summed E-state index contributed by atoms with van der Waals surface area (Å²) in [5.41, 5.74) is 2.37. The standard InChI is InChI=1S/C19H25NO3/c1-13-11-17(21)18(13)20-19(22)23-12-14-7-9-16(10-8-14)15-5-3-2-4-6-15/h7-10,13,15,18H,2-6,11-12H2,1H3,(H,20,22)/t13-,18+/m0/s1. The van der Waals surface area contributed by atoms with Gasteiger partial charge in [0.05, 0.1) is 6.04 Å². The number of carbonyl (C=O) groups excluding carboxylic acids is 2. The molecule has 0 heterocycles. The summed E-state index contributed by atoms with van der Waals surface area (Å²) in [4.78, 5) is 23.1. The van der Waals surface area contributed by atoms with Crippen LogP contribution in [-0.4, -0.2) is 17.9 Å². The van der Waals surface area contributed by atoms with Gasteiger partial charge in [-0.25, -0.2) is 4.79 Å². The highest BCUT2D eigenvalue weighted by Gasteiger charge is 2.37. The average molecular weight is 315 g/mol. The molecule has 1 amide bonds. The molecule has 0 radical (unpaired) electrons. The number of hydrogen-bond donors (Lipinski definition) is 1. The molecule has 2 aliphatic rings. The van der Waals surface area contributed by atoms with E-state index < -0.39 is 6.09 Å². The number of hydrogen-bond acceptors (Lipinski definition) is 3. The highest BCUT2D eigenvalue weighted by molar-refractivity contribution is 5.93. The topological polar surface area (TPSA) is 55.4 Å². The van der Waals surface area contributed by atoms with Gasteiger partial charge in [0.15, 0.2) is 5.78 Å². The minimum atomic E-state index is -0.508. The van der Waals surface area contributed by atoms with Gasteiger partial charge < -0.3 is 10.1 Å². The van der Waals surface area contributed by atoms with Crippen molar-refractivity contribution in [2.45, 2.75) is 64.0 Å². The maximum Gasteiger partial charge on any atom is 0.408 e. The number of alkyl carbamates (subject to hydrolysis) is 1. The third kappa shape index (κ3) is 3.92. The first-order valence-corrected chi connectivity index (χ1v) is 8.68. The Labute approximate surface area is 137 Å². The SMILES string of the molecule is C[C@H]1CC(=O)[C@@H]1NC(=O)OCc1ccc(C2CCCCC2)cc1. The van der Waals surface area contributed by atoms with Crippen LogP contribution in [0, 0.1) is 5.92 Å². The van der Waals surface area contributed by atoms with E-state index in [9.17, 15) is 9.59 Å². The van der Waals surface area contributed by atoms with Crippen molar-refractivity contribution in [3.8, 4) is 0 Å². The number of ketones is 1. The van der Waals surface area contributed by atoms with Gasteiger partial charge >= 0.3 is 6.09 Å². The van der Waals surface area contributed by atoms with Gasteiger partial charge in [0.25, 0.3) is 0 Å². The predicted molar refractivity (Wildman–Crippen MR) is 88.2 cm³/mol. The number of ether oxygens (including phenoxy) is 1. The Morgan fingerprint density at radius 1 is 1.17 bits per heavy atom. The summed E-state index contributed by atoms with van der Waals surface area (Å²) < 4.78 is 5.21. The number of carbonyl (C=O) groups is 2. The number of amides is 1. The second-order valence-corrected chi connectivity index (χ2v) is 6.92. The average Bonchev–Trinajstić information content (AvgIpc) is 2.59. The summed E-state index contributed by atoms with van der Waals surface area (Å²) in [6.45, 7) is 2.20. The van der Waals surface area contributed by atoms with E-state index in [1.54, 1.807) is 0 Å². The molecular weight excluding hydrogens is 290 g/mol. The maximum absolute atomic E-state index is 11.7. The van der Waals surface area contributed by atoms with E-state index in [4.69, 9.17) is 4.74 Å². The Hall–Kier alpha value is -1.84. The molecule has 2 atom stereocenters. The van der Waals surface area contributed by atoms with E-state index in [-0.39, 0.29) is 24.3 Å². The Bertz CT molecular complexity index is 560. The molecule has 4 nitrogen and oxygen atoms in total. The van der Waals surface area contributed by atoms with E-state index in [1.165, 1.54) is 37.7 Å². The summed E-state index contributed by atoms with van der Waals surface area (Å²) in [7, 11) is 0. The lowest BCUT2D eigenvalue weighted by Crippen LogP contribution is -2.53. The van der Waals surface area contributed by atoms with Crippen molar-refractivity contribution in [3.05, 3.63) is 35.4 Å². The smallest absolute Gasteiger partial charge is 0.408 e. The lowest BCUT2D eigenvalue weighted by Gasteiger charge is -2.32. The second-order valence-electron chi connectivity index (χ2n) is 6.92. The molecule has 2 fully saturated rings. The Morgan fingerprint density at radius 2 is 1.87 bits per heavy atom. The van der Waals surface area contributed by atoms with Crippen LogP contribution in [0.1, 0.15) is 62.5 Å². The lowest BCUT2D eigenvalue weighted by molar-refractivity contribution is -0.129. The molecule has 23 heavy (non-hydrogen) atoms. The summed E-state index contributed by atoms with van der Waals surface area (Å²) in [5, 5.41) is 2.64. The van der Waals surface area contributed by atoms with Gasteiger partial charge in [-0.1, -0.05) is 50.5 Å². The minimum absolute atomic E-state index is 0.0892. The number of Topliss-reactive ketones (excluding diaryl/α,β-unsaturated/α-hetero) is 1. The van der Waals surface area contributed by atoms with Gasteiger partial charge in [-0.15, -0.1) is 0 Å². The molecule has 2 saturated carbocycles. The number of nitrogens with one attached hydrogen (secondary N) is 1. The van der Waals surface area contributed by atoms with E-state index >= 15 is 0 Å². The van der Waals surface area contributed by atoms with Crippen LogP contribution in [0.25, 0.3) is 0 Å². The van der Waals surface area contributed by atoms with Crippen LogP contribution >= 0.6 is 0 Å². The minimum Gasteiger partial charge on any atom is -0.445 e. The quantitative estimate of drug-likeness (QED) is 0.915. The first-order chi connectivity index (χ1) is 11.1. The molecule has 0 spiro atoms. The normalized spacial score (nSPS) is 24.8. The van der Waals surface area contributed by atoms with Gasteiger partial charge in [-0.05, 0) is 35.8 Å². The van der Waals surface area contributed by atoms with Crippen molar-refractivity contribution >= 4 is 11.9 Å². The summed E-state index contributed by atoms with van der Waals surface area (Å²) >= 11 is 0. The largest absolute Gasteiger partial charge is 0.445 e. The zero-order valence-electron chi connectivity index (χ0n) is 13.7. The van der Waals surface area contributed by atoms with Crippen LogP contribution < -0.4 is 5.32 Å². The van der Waals surface area contributed by atoms with Crippen LogP contribution in [0.4, 0.5) is 4.79 Å². The van der Waals surface area contributed by atoms with Gasteiger partial charge in [0.2, 0.25) is 0 Å². The summed E-state index contributed by atoms with van der Waals surface area (Å²) in [5.74, 6) is 0.990. The van der Waals surface area contributed by atoms with Crippen molar-refractivity contribution in [2.24, 2.45) is 5.92 Å². The maximum atomic E-state index is 11.7. The van der Waals surface area contributed by atoms with Gasteiger partial charge in [-0.2, -0.15) is 0 Å². The Kier molecular flexibility index (Phi) is 4.99. The molecular formula is C19H25NO3. The van der Waals surface area contributed by atoms with Crippen LogP contribution in [0.5, 0.6) is 0 Å². The van der Waals surface area contributed by atoms with E-state index in [0.29, 0.717) is 12.3 Å². The third-order valence-corrected chi connectivity index (χ3v) is 5.14. The fraction of sp³-hybridized carbons (Fsp3) is 0.579. The first kappa shape index (κ1) is 16.0. The molecule has 0 unspecified atom stereocenters. The Morgan fingerprint density at radius 3 is 2.48 bits per heavy atom. The molecule has 124 valence electrons. The molecule has 0 aliphatic heterocycles. The molecule has 0 bridgehead atoms. The van der Waals surface area contributed by atoms with Gasteiger partial charge in [-0.3, -0.25) is 4.79 Å². The molecule has 3 rings (SSSR count). The molecule has 1 N–H and O–H groups in total. The second kappa shape index (κ2) is 7.16. The van der Waals surface area contributed by atoms with Crippen molar-refractivity contribution in [1.29, 1.82) is 0 Å². The molecule has 0 aromatic heterocycles. The van der Waals surface area contributed by atoms with Crippen molar-refractivity contribution in [3.63, 3.8) is 0 Å². The molecule has 1 aromatic rings. The molecule has 1 aromatic carbocycles. The highest BCUT2D eigenvalue weighted by atomic mass is 16.5. The van der Waals surface area contributed by atoms with E-state index in [1.807, 2.05) is 19.1 Å². The Balaban J connectivity index is 1.46. The fourth-order valence-corrected chi connectivity index (χ4v) is 3.58. The van der Waals surface area contributed by atoms with E-state index in [2.05, 4.69) is 17.4 Å². The molecule has 2 aliphatic carbocycles. The molecule has 0 saturated heterocycles. The number of rotatable bonds is 4. The van der Waals surface area contributed by atoms with E-state index in [0.717, 1.165) is 5.56 Å². The third-order valence-electron chi connectivity index (χ3n) is 5.14. The highest BCUT2D eigenvalue weighted by Crippen LogP contribution is 2.32.